The second-order valence-corrected chi connectivity index (χ2v) is 23.5. The molecule has 456 valence electrons. The van der Waals surface area contributed by atoms with Gasteiger partial charge in [-0.1, -0.05) is 312 Å². The lowest BCUT2D eigenvalue weighted by atomic mass is 10.0. The van der Waals surface area contributed by atoms with Crippen LogP contribution in [0.5, 0.6) is 0 Å². The molecule has 0 aromatic heterocycles. The molecule has 6 nitrogen and oxygen atoms in total. The van der Waals surface area contributed by atoms with Crippen LogP contribution in [0.4, 0.5) is 0 Å². The molecule has 0 aliphatic rings. The van der Waals surface area contributed by atoms with Gasteiger partial charge in [-0.25, -0.2) is 0 Å². The summed E-state index contributed by atoms with van der Waals surface area (Å²) < 4.78 is 5.48. The number of ether oxygens (including phenoxy) is 1. The van der Waals surface area contributed by atoms with E-state index < -0.39 is 12.1 Å². The number of rotatable bonds is 64. The number of aliphatic hydroxyl groups is 2. The van der Waals surface area contributed by atoms with E-state index in [4.69, 9.17) is 4.74 Å². The van der Waals surface area contributed by atoms with E-state index in [2.05, 4.69) is 67.8 Å². The molecular weight excluding hydrogens is 959 g/mol. The van der Waals surface area contributed by atoms with Crippen LogP contribution in [0.25, 0.3) is 0 Å². The highest BCUT2D eigenvalue weighted by Gasteiger charge is 2.18. The Labute approximate surface area is 486 Å². The number of aliphatic hydroxyl groups excluding tert-OH is 2. The van der Waals surface area contributed by atoms with Crippen molar-refractivity contribution < 1.29 is 24.5 Å². The van der Waals surface area contributed by atoms with Gasteiger partial charge in [-0.3, -0.25) is 9.59 Å². The molecule has 2 unspecified atom stereocenters. The van der Waals surface area contributed by atoms with Gasteiger partial charge in [0.25, 0.3) is 0 Å². The van der Waals surface area contributed by atoms with E-state index in [0.29, 0.717) is 19.4 Å². The highest BCUT2D eigenvalue weighted by molar-refractivity contribution is 5.76. The molecule has 0 aliphatic heterocycles. The molecule has 0 heterocycles. The first-order valence-electron chi connectivity index (χ1n) is 34.6. The van der Waals surface area contributed by atoms with E-state index in [0.717, 1.165) is 70.6 Å². The number of amides is 1. The minimum Gasteiger partial charge on any atom is -0.466 e. The van der Waals surface area contributed by atoms with Crippen molar-refractivity contribution in [2.75, 3.05) is 13.2 Å². The number of carbonyl (C=O) groups excluding carboxylic acids is 2. The Balaban J connectivity index is 3.49. The maximum Gasteiger partial charge on any atom is 0.305 e. The number of hydrogen-bond acceptors (Lipinski definition) is 5. The number of esters is 1. The molecule has 0 aromatic carbocycles. The van der Waals surface area contributed by atoms with Gasteiger partial charge >= 0.3 is 5.97 Å². The molecule has 0 aliphatic carbocycles. The summed E-state index contributed by atoms with van der Waals surface area (Å²) in [5, 5.41) is 23.2. The Morgan fingerprint density at radius 1 is 0.359 bits per heavy atom. The van der Waals surface area contributed by atoms with Crippen LogP contribution in [0.1, 0.15) is 361 Å². The van der Waals surface area contributed by atoms with Gasteiger partial charge in [-0.2, -0.15) is 0 Å². The molecule has 0 radical (unpaired) electrons. The standard InChI is InChI=1S/C72H133NO5/c1-3-5-7-9-11-13-15-17-19-20-21-22-24-27-30-33-37-40-44-48-52-56-60-64-70(75)69(68-74)73-71(76)65-61-57-53-49-45-41-38-34-31-28-25-23-26-29-32-35-39-43-47-51-55-59-63-67-78-72(77)66-62-58-54-50-46-42-36-18-16-14-12-10-8-6-4-2/h12,14,18,23,26,28,31,36,60,64,69-70,74-75H,3-11,13,15-17,19-22,24-25,27,29-30,32-35,37-59,61-63,65-68H2,1-2H3,(H,73,76)/b14-12-,26-23-,31-28-,36-18-,64-60+. The van der Waals surface area contributed by atoms with Crippen molar-refractivity contribution in [2.24, 2.45) is 0 Å². The number of nitrogens with one attached hydrogen (secondary N) is 1. The third-order valence-electron chi connectivity index (χ3n) is 15.8. The number of unbranched alkanes of at least 4 members (excludes halogenated alkanes) is 45. The van der Waals surface area contributed by atoms with Crippen LogP contribution in [0.2, 0.25) is 0 Å². The Bertz CT molecular complexity index is 1350. The van der Waals surface area contributed by atoms with Gasteiger partial charge < -0.3 is 20.3 Å². The molecule has 0 saturated carbocycles. The van der Waals surface area contributed by atoms with Gasteiger partial charge in [-0.05, 0) is 96.3 Å². The lowest BCUT2D eigenvalue weighted by molar-refractivity contribution is -0.143. The van der Waals surface area contributed by atoms with Crippen molar-refractivity contribution in [3.05, 3.63) is 60.8 Å². The molecule has 2 atom stereocenters. The zero-order valence-corrected chi connectivity index (χ0v) is 52.1. The predicted molar refractivity (Wildman–Crippen MR) is 342 cm³/mol. The van der Waals surface area contributed by atoms with Crippen molar-refractivity contribution in [3.63, 3.8) is 0 Å². The topological polar surface area (TPSA) is 95.9 Å². The number of carbonyl (C=O) groups is 2. The molecule has 0 aromatic rings. The number of allylic oxidation sites excluding steroid dienone is 9. The van der Waals surface area contributed by atoms with Crippen molar-refractivity contribution in [3.8, 4) is 0 Å². The van der Waals surface area contributed by atoms with Crippen LogP contribution in [-0.2, 0) is 14.3 Å². The summed E-state index contributed by atoms with van der Waals surface area (Å²) in [6, 6.07) is -0.638. The zero-order valence-electron chi connectivity index (χ0n) is 52.1. The molecule has 0 spiro atoms. The van der Waals surface area contributed by atoms with E-state index in [1.165, 1.54) is 263 Å². The highest BCUT2D eigenvalue weighted by atomic mass is 16.5. The monoisotopic (exact) mass is 1090 g/mol. The fourth-order valence-electron chi connectivity index (χ4n) is 10.5. The minimum absolute atomic E-state index is 0.00762. The second-order valence-electron chi connectivity index (χ2n) is 23.5. The summed E-state index contributed by atoms with van der Waals surface area (Å²) >= 11 is 0. The molecule has 78 heavy (non-hydrogen) atoms. The molecule has 0 saturated heterocycles. The fourth-order valence-corrected chi connectivity index (χ4v) is 10.5. The molecule has 0 bridgehead atoms. The van der Waals surface area contributed by atoms with E-state index in [-0.39, 0.29) is 18.5 Å². The number of hydrogen-bond donors (Lipinski definition) is 3. The quantitative estimate of drug-likeness (QED) is 0.0320. The predicted octanol–water partition coefficient (Wildman–Crippen LogP) is 22.3. The molecule has 0 rings (SSSR count). The SMILES string of the molecule is CCCCC/C=C\C/C=C\CCCCCCCC(=O)OCCCCCCCCCCC/C=C\C/C=C\CCCCCCCCCC(=O)NC(CO)C(O)/C=C/CCCCCCCCCCCCCCCCCCCCCCC. The van der Waals surface area contributed by atoms with Gasteiger partial charge in [0.2, 0.25) is 5.91 Å². The van der Waals surface area contributed by atoms with E-state index in [9.17, 15) is 19.8 Å². The van der Waals surface area contributed by atoms with Crippen LogP contribution < -0.4 is 5.32 Å². The Hall–Kier alpha value is -2.44. The normalized spacial score (nSPS) is 12.9. The van der Waals surface area contributed by atoms with E-state index >= 15 is 0 Å². The first kappa shape index (κ1) is 75.6. The maximum atomic E-state index is 12.5. The van der Waals surface area contributed by atoms with Gasteiger partial charge in [0.1, 0.15) is 0 Å². The maximum absolute atomic E-state index is 12.5. The Morgan fingerprint density at radius 2 is 0.641 bits per heavy atom. The van der Waals surface area contributed by atoms with Crippen LogP contribution in [0.15, 0.2) is 60.8 Å². The first-order valence-corrected chi connectivity index (χ1v) is 34.6. The average Bonchev–Trinajstić information content (AvgIpc) is 3.44. The van der Waals surface area contributed by atoms with Gasteiger partial charge in [-0.15, -0.1) is 0 Å². The zero-order chi connectivity index (χ0) is 56.4. The first-order chi connectivity index (χ1) is 38.5. The smallest absolute Gasteiger partial charge is 0.305 e. The van der Waals surface area contributed by atoms with Gasteiger partial charge in [0.15, 0.2) is 0 Å². The van der Waals surface area contributed by atoms with Crippen molar-refractivity contribution in [1.82, 2.24) is 5.32 Å². The van der Waals surface area contributed by atoms with E-state index in [1.807, 2.05) is 6.08 Å². The lowest BCUT2D eigenvalue weighted by Crippen LogP contribution is -2.45. The Kier molecular flexibility index (Phi) is 65.0. The van der Waals surface area contributed by atoms with Crippen molar-refractivity contribution in [2.45, 2.75) is 373 Å². The third-order valence-corrected chi connectivity index (χ3v) is 15.8. The van der Waals surface area contributed by atoms with Gasteiger partial charge in [0.05, 0.1) is 25.4 Å². The summed E-state index contributed by atoms with van der Waals surface area (Å²) in [6.07, 6.45) is 88.5. The summed E-state index contributed by atoms with van der Waals surface area (Å²) in [5.41, 5.74) is 0. The molecule has 1 amide bonds. The molecule has 6 heteroatoms. The minimum atomic E-state index is -0.854. The van der Waals surface area contributed by atoms with Crippen LogP contribution in [0.3, 0.4) is 0 Å². The Morgan fingerprint density at radius 3 is 1.00 bits per heavy atom. The fraction of sp³-hybridized carbons (Fsp3) is 0.833. The van der Waals surface area contributed by atoms with Crippen LogP contribution in [0, 0.1) is 0 Å². The lowest BCUT2D eigenvalue weighted by Gasteiger charge is -2.20. The van der Waals surface area contributed by atoms with Gasteiger partial charge in [0, 0.05) is 12.8 Å². The van der Waals surface area contributed by atoms with Crippen LogP contribution >= 0.6 is 0 Å². The van der Waals surface area contributed by atoms with Crippen LogP contribution in [-0.4, -0.2) is 47.4 Å². The second kappa shape index (κ2) is 67.1. The summed E-state index contributed by atoms with van der Waals surface area (Å²) in [5.74, 6) is -0.0837. The third kappa shape index (κ3) is 62.8. The van der Waals surface area contributed by atoms with E-state index in [1.54, 1.807) is 6.08 Å². The summed E-state index contributed by atoms with van der Waals surface area (Å²) in [4.78, 5) is 24.6. The summed E-state index contributed by atoms with van der Waals surface area (Å²) in [6.45, 7) is 4.88. The molecule has 0 fully saturated rings. The average molecular weight is 1090 g/mol. The summed E-state index contributed by atoms with van der Waals surface area (Å²) in [7, 11) is 0. The largest absolute Gasteiger partial charge is 0.466 e. The van der Waals surface area contributed by atoms with Crippen molar-refractivity contribution in [1.29, 1.82) is 0 Å². The highest BCUT2D eigenvalue weighted by Crippen LogP contribution is 2.17. The molecular formula is C72H133NO5. The van der Waals surface area contributed by atoms with Crippen molar-refractivity contribution >= 4 is 11.9 Å². The molecule has 3 N–H and O–H groups in total.